The van der Waals surface area contributed by atoms with Crippen molar-refractivity contribution >= 4 is 15.9 Å². The van der Waals surface area contributed by atoms with Crippen molar-refractivity contribution in [1.29, 1.82) is 0 Å². The molecule has 1 aromatic heterocycles. The van der Waals surface area contributed by atoms with Gasteiger partial charge < -0.3 is 10.2 Å². The van der Waals surface area contributed by atoms with E-state index in [0.717, 1.165) is 17.7 Å². The second kappa shape index (κ2) is 6.47. The summed E-state index contributed by atoms with van der Waals surface area (Å²) in [5, 5.41) is 3.58. The Hall–Kier alpha value is -0.450. The highest BCUT2D eigenvalue weighted by atomic mass is 79.9. The largest absolute Gasteiger partial charge is 0.313 e. The smallest absolute Gasteiger partial charge is 0.106 e. The minimum absolute atomic E-state index is 0.666. The van der Waals surface area contributed by atoms with Gasteiger partial charge in [-0.3, -0.25) is 0 Å². The molecule has 1 fully saturated rings. The summed E-state index contributed by atoms with van der Waals surface area (Å²) >= 11 is 3.41. The lowest BCUT2D eigenvalue weighted by Crippen LogP contribution is -2.42. The molecular formula is C13H20BrN3. The van der Waals surface area contributed by atoms with Gasteiger partial charge in [0.15, 0.2) is 0 Å². The molecule has 0 spiro atoms. The van der Waals surface area contributed by atoms with E-state index in [1.807, 2.05) is 6.20 Å². The highest BCUT2D eigenvalue weighted by Crippen LogP contribution is 2.12. The maximum absolute atomic E-state index is 4.15. The monoisotopic (exact) mass is 297 g/mol. The van der Waals surface area contributed by atoms with E-state index in [-0.39, 0.29) is 0 Å². The highest BCUT2D eigenvalue weighted by molar-refractivity contribution is 9.10. The molecule has 1 saturated heterocycles. The van der Waals surface area contributed by atoms with Crippen molar-refractivity contribution in [2.45, 2.75) is 31.8 Å². The van der Waals surface area contributed by atoms with Crippen LogP contribution in [-0.2, 0) is 6.54 Å². The number of hydrogen-bond donors (Lipinski definition) is 1. The first-order valence-corrected chi connectivity index (χ1v) is 7.06. The summed E-state index contributed by atoms with van der Waals surface area (Å²) < 4.78 is 0.916. The highest BCUT2D eigenvalue weighted by Gasteiger charge is 2.14. The summed E-state index contributed by atoms with van der Waals surface area (Å²) in [5.74, 6) is 0. The van der Waals surface area contributed by atoms with Crippen LogP contribution in [0.3, 0.4) is 0 Å². The second-order valence-corrected chi connectivity index (χ2v) is 5.64. The molecule has 1 aliphatic rings. The summed E-state index contributed by atoms with van der Waals surface area (Å²) in [4.78, 5) is 6.53. The van der Waals surface area contributed by atoms with Crippen LogP contribution < -0.4 is 5.32 Å². The molecule has 1 aliphatic heterocycles. The fourth-order valence-corrected chi connectivity index (χ4v) is 2.79. The van der Waals surface area contributed by atoms with Gasteiger partial charge in [-0.05, 0) is 60.1 Å². The van der Waals surface area contributed by atoms with Crippen molar-refractivity contribution in [3.8, 4) is 0 Å². The number of pyridine rings is 1. The molecule has 0 radical (unpaired) electrons. The standard InChI is InChI=1S/C13H20BrN3/c1-17(10-12-4-2-3-6-15-12)9-11-5-7-16-13(14)8-11/h5,7-8,12,15H,2-4,6,9-10H2,1H3/t12-/m0/s1. The SMILES string of the molecule is CN(Cc1ccnc(Br)c1)C[C@@H]1CCCCN1. The van der Waals surface area contributed by atoms with Crippen LogP contribution in [0.4, 0.5) is 0 Å². The normalized spacial score (nSPS) is 20.8. The van der Waals surface area contributed by atoms with Crippen LogP contribution in [0.5, 0.6) is 0 Å². The molecule has 0 amide bonds. The lowest BCUT2D eigenvalue weighted by atomic mass is 10.0. The Kier molecular flexibility index (Phi) is 4.95. The Labute approximate surface area is 112 Å². The number of nitrogens with one attached hydrogen (secondary N) is 1. The number of rotatable bonds is 4. The molecule has 0 unspecified atom stereocenters. The average molecular weight is 298 g/mol. The number of likely N-dealkylation sites (N-methyl/N-ethyl adjacent to an activating group) is 1. The second-order valence-electron chi connectivity index (χ2n) is 4.83. The Morgan fingerprint density at radius 3 is 3.12 bits per heavy atom. The van der Waals surface area contributed by atoms with E-state index in [1.165, 1.54) is 31.4 Å². The average Bonchev–Trinajstić information content (AvgIpc) is 2.30. The predicted molar refractivity (Wildman–Crippen MR) is 73.9 cm³/mol. The van der Waals surface area contributed by atoms with Crippen LogP contribution in [0, 0.1) is 0 Å². The fourth-order valence-electron chi connectivity index (χ4n) is 2.37. The Balaban J connectivity index is 1.82. The van der Waals surface area contributed by atoms with Crippen LogP contribution in [0.2, 0.25) is 0 Å². The van der Waals surface area contributed by atoms with Gasteiger partial charge in [-0.15, -0.1) is 0 Å². The van der Waals surface area contributed by atoms with Gasteiger partial charge in [-0.2, -0.15) is 0 Å². The predicted octanol–water partition coefficient (Wildman–Crippen LogP) is 2.42. The van der Waals surface area contributed by atoms with Crippen molar-refractivity contribution in [3.63, 3.8) is 0 Å². The first-order chi connectivity index (χ1) is 8.24. The van der Waals surface area contributed by atoms with E-state index in [1.54, 1.807) is 0 Å². The summed E-state index contributed by atoms with van der Waals surface area (Å²) in [7, 11) is 2.19. The van der Waals surface area contributed by atoms with Gasteiger partial charge in [0.25, 0.3) is 0 Å². The lowest BCUT2D eigenvalue weighted by molar-refractivity contribution is 0.256. The molecular weight excluding hydrogens is 278 g/mol. The number of piperidine rings is 1. The van der Waals surface area contributed by atoms with Gasteiger partial charge in [-0.25, -0.2) is 4.98 Å². The van der Waals surface area contributed by atoms with Gasteiger partial charge in [-0.1, -0.05) is 6.42 Å². The lowest BCUT2D eigenvalue weighted by Gasteiger charge is -2.28. The Bertz CT molecular complexity index is 350. The summed E-state index contributed by atoms with van der Waals surface area (Å²) in [6, 6.07) is 4.83. The van der Waals surface area contributed by atoms with Crippen LogP contribution in [0.25, 0.3) is 0 Å². The molecule has 94 valence electrons. The third-order valence-corrected chi connectivity index (χ3v) is 3.62. The minimum Gasteiger partial charge on any atom is -0.313 e. The molecule has 0 saturated carbocycles. The molecule has 4 heteroatoms. The number of halogens is 1. The fraction of sp³-hybridized carbons (Fsp3) is 0.615. The van der Waals surface area contributed by atoms with Gasteiger partial charge in [0.1, 0.15) is 4.60 Å². The molecule has 2 rings (SSSR count). The summed E-state index contributed by atoms with van der Waals surface area (Å²) in [5.41, 5.74) is 1.31. The number of aromatic nitrogens is 1. The van der Waals surface area contributed by atoms with E-state index in [2.05, 4.69) is 50.3 Å². The third-order valence-electron chi connectivity index (χ3n) is 3.19. The summed E-state index contributed by atoms with van der Waals surface area (Å²) in [6.07, 6.45) is 5.86. The van der Waals surface area contributed by atoms with Crippen LogP contribution in [0.1, 0.15) is 24.8 Å². The van der Waals surface area contributed by atoms with Crippen molar-refractivity contribution in [2.24, 2.45) is 0 Å². The molecule has 0 bridgehead atoms. The first kappa shape index (κ1) is 13.0. The van der Waals surface area contributed by atoms with E-state index in [4.69, 9.17) is 0 Å². The zero-order valence-corrected chi connectivity index (χ0v) is 11.9. The number of hydrogen-bond acceptors (Lipinski definition) is 3. The van der Waals surface area contributed by atoms with Crippen LogP contribution >= 0.6 is 15.9 Å². The molecule has 2 heterocycles. The zero-order valence-electron chi connectivity index (χ0n) is 10.3. The van der Waals surface area contributed by atoms with Crippen molar-refractivity contribution in [3.05, 3.63) is 28.5 Å². The number of nitrogens with zero attached hydrogens (tertiary/aromatic N) is 2. The third kappa shape index (κ3) is 4.37. The van der Waals surface area contributed by atoms with E-state index >= 15 is 0 Å². The minimum atomic E-state index is 0.666. The van der Waals surface area contributed by atoms with E-state index in [0.29, 0.717) is 6.04 Å². The van der Waals surface area contributed by atoms with Gasteiger partial charge >= 0.3 is 0 Å². The van der Waals surface area contributed by atoms with Crippen molar-refractivity contribution in [1.82, 2.24) is 15.2 Å². The first-order valence-electron chi connectivity index (χ1n) is 6.26. The Morgan fingerprint density at radius 1 is 1.53 bits per heavy atom. The maximum Gasteiger partial charge on any atom is 0.106 e. The van der Waals surface area contributed by atoms with Crippen molar-refractivity contribution < 1.29 is 0 Å². The van der Waals surface area contributed by atoms with Crippen LogP contribution in [-0.4, -0.2) is 36.1 Å². The maximum atomic E-state index is 4.15. The van der Waals surface area contributed by atoms with Crippen LogP contribution in [0.15, 0.2) is 22.9 Å². The van der Waals surface area contributed by atoms with Gasteiger partial charge in [0, 0.05) is 25.3 Å². The summed E-state index contributed by atoms with van der Waals surface area (Å²) in [6.45, 7) is 3.29. The molecule has 3 nitrogen and oxygen atoms in total. The molecule has 1 aromatic rings. The Morgan fingerprint density at radius 2 is 2.41 bits per heavy atom. The zero-order chi connectivity index (χ0) is 12.1. The molecule has 0 aliphatic carbocycles. The molecule has 0 aromatic carbocycles. The molecule has 1 N–H and O–H groups in total. The topological polar surface area (TPSA) is 28.2 Å². The van der Waals surface area contributed by atoms with E-state index < -0.39 is 0 Å². The van der Waals surface area contributed by atoms with Crippen molar-refractivity contribution in [2.75, 3.05) is 20.1 Å². The molecule has 17 heavy (non-hydrogen) atoms. The van der Waals surface area contributed by atoms with Gasteiger partial charge in [0.2, 0.25) is 0 Å². The quantitative estimate of drug-likeness (QED) is 0.865. The molecule has 1 atom stereocenters. The van der Waals surface area contributed by atoms with E-state index in [9.17, 15) is 0 Å². The van der Waals surface area contributed by atoms with Gasteiger partial charge in [0.05, 0.1) is 0 Å².